The zero-order valence-corrected chi connectivity index (χ0v) is 7.21. The molecule has 1 aromatic rings. The first-order valence-electron chi connectivity index (χ1n) is 4.59. The van der Waals surface area contributed by atoms with Gasteiger partial charge < -0.3 is 5.32 Å². The van der Waals surface area contributed by atoms with E-state index in [0.717, 1.165) is 30.5 Å². The van der Waals surface area contributed by atoms with E-state index in [9.17, 15) is 4.79 Å². The highest BCUT2D eigenvalue weighted by Crippen LogP contribution is 2.50. The maximum Gasteiger partial charge on any atom is 0.235 e. The van der Waals surface area contributed by atoms with Gasteiger partial charge in [-0.2, -0.15) is 0 Å². The van der Waals surface area contributed by atoms with Crippen LogP contribution < -0.4 is 5.32 Å². The lowest BCUT2D eigenvalue weighted by Crippen LogP contribution is -2.40. The van der Waals surface area contributed by atoms with Gasteiger partial charge in [0.15, 0.2) is 0 Å². The molecule has 1 fully saturated rings. The van der Waals surface area contributed by atoms with E-state index in [1.165, 1.54) is 0 Å². The summed E-state index contributed by atoms with van der Waals surface area (Å²) < 4.78 is 0. The minimum Gasteiger partial charge on any atom is -0.324 e. The van der Waals surface area contributed by atoms with Crippen molar-refractivity contribution >= 4 is 11.6 Å². The highest BCUT2D eigenvalue weighted by atomic mass is 16.2. The number of hydrogen-bond donors (Lipinski definition) is 1. The number of carbonyl (C=O) groups is 1. The summed E-state index contributed by atoms with van der Waals surface area (Å²) in [4.78, 5) is 15.7. The van der Waals surface area contributed by atoms with Gasteiger partial charge in [0.25, 0.3) is 0 Å². The molecule has 3 heteroatoms. The predicted molar refractivity (Wildman–Crippen MR) is 48.4 cm³/mol. The molecule has 66 valence electrons. The smallest absolute Gasteiger partial charge is 0.235 e. The minimum atomic E-state index is -0.182. The molecule has 0 aromatic carbocycles. The summed E-state index contributed by atoms with van der Waals surface area (Å²) in [5.41, 5.74) is 1.88. The first-order valence-corrected chi connectivity index (χ1v) is 4.59. The van der Waals surface area contributed by atoms with Crippen molar-refractivity contribution in [3.63, 3.8) is 0 Å². The number of hydrogen-bond acceptors (Lipinski definition) is 2. The van der Waals surface area contributed by atoms with Crippen LogP contribution in [0.25, 0.3) is 0 Å². The van der Waals surface area contributed by atoms with Crippen molar-refractivity contribution in [3.8, 4) is 0 Å². The Morgan fingerprint density at radius 1 is 1.46 bits per heavy atom. The molecule has 1 aromatic heterocycles. The van der Waals surface area contributed by atoms with Crippen LogP contribution in [-0.4, -0.2) is 10.9 Å². The number of aromatic nitrogens is 1. The summed E-state index contributed by atoms with van der Waals surface area (Å²) in [7, 11) is 0. The van der Waals surface area contributed by atoms with Crippen LogP contribution in [0.2, 0.25) is 0 Å². The van der Waals surface area contributed by atoms with Crippen LogP contribution in [0.4, 0.5) is 5.69 Å². The number of anilines is 1. The molecule has 1 aliphatic carbocycles. The average Bonchev–Trinajstić information content (AvgIpc) is 2.35. The lowest BCUT2D eigenvalue weighted by atomic mass is 9.65. The predicted octanol–water partition coefficient (Wildman–Crippen LogP) is 1.46. The van der Waals surface area contributed by atoms with Crippen LogP contribution in [0.5, 0.6) is 0 Å². The summed E-state index contributed by atoms with van der Waals surface area (Å²) >= 11 is 0. The number of fused-ring (bicyclic) bond motifs is 2. The van der Waals surface area contributed by atoms with Gasteiger partial charge in [0.05, 0.1) is 17.3 Å². The molecular weight excluding hydrogens is 164 g/mol. The van der Waals surface area contributed by atoms with Gasteiger partial charge >= 0.3 is 0 Å². The molecule has 0 saturated heterocycles. The molecule has 0 bridgehead atoms. The number of nitrogens with one attached hydrogen (secondary N) is 1. The quantitative estimate of drug-likeness (QED) is 0.647. The van der Waals surface area contributed by atoms with E-state index < -0.39 is 0 Å². The number of amides is 1. The molecule has 1 aliphatic heterocycles. The van der Waals surface area contributed by atoms with Gasteiger partial charge in [0.1, 0.15) is 0 Å². The van der Waals surface area contributed by atoms with Gasteiger partial charge in [-0.3, -0.25) is 9.78 Å². The van der Waals surface area contributed by atoms with E-state index in [1.54, 1.807) is 12.4 Å². The highest BCUT2D eigenvalue weighted by molar-refractivity contribution is 6.06. The van der Waals surface area contributed by atoms with E-state index in [2.05, 4.69) is 10.3 Å². The monoisotopic (exact) mass is 174 g/mol. The third-order valence-corrected chi connectivity index (χ3v) is 3.23. The normalized spacial score (nSPS) is 22.3. The molecule has 1 N–H and O–H groups in total. The first-order chi connectivity index (χ1) is 6.33. The SMILES string of the molecule is O=C1Nc2cnccc2C12CCC2. The summed E-state index contributed by atoms with van der Waals surface area (Å²) in [6, 6.07) is 1.96. The Hall–Kier alpha value is -1.38. The van der Waals surface area contributed by atoms with Crippen molar-refractivity contribution in [2.24, 2.45) is 0 Å². The largest absolute Gasteiger partial charge is 0.324 e. The zero-order chi connectivity index (χ0) is 8.89. The van der Waals surface area contributed by atoms with E-state index in [0.29, 0.717) is 0 Å². The van der Waals surface area contributed by atoms with Gasteiger partial charge in [0, 0.05) is 6.20 Å². The zero-order valence-electron chi connectivity index (χ0n) is 7.21. The lowest BCUT2D eigenvalue weighted by molar-refractivity contribution is -0.123. The molecule has 2 heterocycles. The van der Waals surface area contributed by atoms with Crippen molar-refractivity contribution in [1.29, 1.82) is 0 Å². The Bertz CT molecular complexity index is 382. The molecule has 13 heavy (non-hydrogen) atoms. The Morgan fingerprint density at radius 3 is 3.00 bits per heavy atom. The molecule has 2 aliphatic rings. The van der Waals surface area contributed by atoms with E-state index in [4.69, 9.17) is 0 Å². The summed E-state index contributed by atoms with van der Waals surface area (Å²) in [6.07, 6.45) is 6.65. The fourth-order valence-electron chi connectivity index (χ4n) is 2.30. The van der Waals surface area contributed by atoms with E-state index >= 15 is 0 Å². The van der Waals surface area contributed by atoms with Gasteiger partial charge in [-0.25, -0.2) is 0 Å². The van der Waals surface area contributed by atoms with Crippen molar-refractivity contribution in [1.82, 2.24) is 4.98 Å². The summed E-state index contributed by atoms with van der Waals surface area (Å²) in [5, 5.41) is 2.89. The number of nitrogens with zero attached hydrogens (tertiary/aromatic N) is 1. The highest BCUT2D eigenvalue weighted by Gasteiger charge is 2.50. The molecule has 0 atom stereocenters. The fourth-order valence-corrected chi connectivity index (χ4v) is 2.30. The van der Waals surface area contributed by atoms with Crippen molar-refractivity contribution in [2.45, 2.75) is 24.7 Å². The van der Waals surface area contributed by atoms with E-state index in [1.807, 2.05) is 6.07 Å². The first kappa shape index (κ1) is 7.06. The third-order valence-electron chi connectivity index (χ3n) is 3.23. The van der Waals surface area contributed by atoms with Gasteiger partial charge in [-0.1, -0.05) is 6.42 Å². The Morgan fingerprint density at radius 2 is 2.31 bits per heavy atom. The van der Waals surface area contributed by atoms with Crippen LogP contribution in [0.1, 0.15) is 24.8 Å². The minimum absolute atomic E-state index is 0.168. The van der Waals surface area contributed by atoms with Crippen molar-refractivity contribution in [2.75, 3.05) is 5.32 Å². The van der Waals surface area contributed by atoms with Crippen LogP contribution in [0.3, 0.4) is 0 Å². The lowest BCUT2D eigenvalue weighted by Gasteiger charge is -2.35. The number of carbonyl (C=O) groups excluding carboxylic acids is 1. The van der Waals surface area contributed by atoms with Crippen LogP contribution in [0, 0.1) is 0 Å². The number of pyridine rings is 1. The van der Waals surface area contributed by atoms with Gasteiger partial charge in [-0.15, -0.1) is 0 Å². The second kappa shape index (κ2) is 2.10. The van der Waals surface area contributed by atoms with Crippen LogP contribution >= 0.6 is 0 Å². The molecule has 3 rings (SSSR count). The van der Waals surface area contributed by atoms with Gasteiger partial charge in [-0.05, 0) is 24.5 Å². The summed E-state index contributed by atoms with van der Waals surface area (Å²) in [5.74, 6) is 0.168. The molecule has 0 radical (unpaired) electrons. The van der Waals surface area contributed by atoms with Gasteiger partial charge in [0.2, 0.25) is 5.91 Å². The van der Waals surface area contributed by atoms with Crippen LogP contribution in [-0.2, 0) is 10.2 Å². The number of rotatable bonds is 0. The Balaban J connectivity index is 2.20. The topological polar surface area (TPSA) is 42.0 Å². The molecule has 0 unspecified atom stereocenters. The summed E-state index contributed by atoms with van der Waals surface area (Å²) in [6.45, 7) is 0. The molecule has 1 spiro atoms. The van der Waals surface area contributed by atoms with Crippen molar-refractivity contribution in [3.05, 3.63) is 24.0 Å². The molecule has 1 saturated carbocycles. The maximum atomic E-state index is 11.7. The molecule has 3 nitrogen and oxygen atoms in total. The van der Waals surface area contributed by atoms with Crippen molar-refractivity contribution < 1.29 is 4.79 Å². The Kier molecular flexibility index (Phi) is 1.14. The van der Waals surface area contributed by atoms with E-state index in [-0.39, 0.29) is 11.3 Å². The maximum absolute atomic E-state index is 11.7. The second-order valence-electron chi connectivity index (χ2n) is 3.81. The second-order valence-corrected chi connectivity index (χ2v) is 3.81. The Labute approximate surface area is 76.2 Å². The molecular formula is C10H10N2O. The standard InChI is InChI=1S/C10H10N2O/c13-9-10(3-1-4-10)7-2-5-11-6-8(7)12-9/h2,5-6H,1,3-4H2,(H,12,13). The average molecular weight is 174 g/mol. The van der Waals surface area contributed by atoms with Crippen LogP contribution in [0.15, 0.2) is 18.5 Å². The third kappa shape index (κ3) is 0.698. The molecule has 1 amide bonds. The fraction of sp³-hybridized carbons (Fsp3) is 0.400.